The number of anilines is 1. The van der Waals surface area contributed by atoms with E-state index in [0.717, 1.165) is 9.37 Å². The molecule has 1 aliphatic rings. The van der Waals surface area contributed by atoms with Crippen LogP contribution >= 0.6 is 27.7 Å². The van der Waals surface area contributed by atoms with Crippen LogP contribution in [-0.4, -0.2) is 12.2 Å². The van der Waals surface area contributed by atoms with E-state index in [0.29, 0.717) is 22.6 Å². The van der Waals surface area contributed by atoms with Gasteiger partial charge in [0.2, 0.25) is 12.2 Å². The number of carbonyl (C=O) groups excluding carboxylic acids is 2. The van der Waals surface area contributed by atoms with Crippen molar-refractivity contribution < 1.29 is 9.59 Å². The summed E-state index contributed by atoms with van der Waals surface area (Å²) in [5.41, 5.74) is 1.39. The highest BCUT2D eigenvalue weighted by atomic mass is 79.9. The van der Waals surface area contributed by atoms with E-state index in [9.17, 15) is 9.59 Å². The Morgan fingerprint density at radius 3 is 2.62 bits per heavy atom. The highest BCUT2D eigenvalue weighted by Crippen LogP contribution is 2.40. The number of nitrogens with zero attached hydrogens (tertiary/aromatic N) is 1. The number of allylic oxidation sites excluding steroid dienone is 1. The van der Waals surface area contributed by atoms with Crippen molar-refractivity contribution in [2.75, 3.05) is 4.90 Å². The molecular weight excluding hydrogens is 350 g/mol. The number of carbonyl (C=O) groups is 2. The van der Waals surface area contributed by atoms with Crippen LogP contribution in [0.1, 0.15) is 10.4 Å². The van der Waals surface area contributed by atoms with Gasteiger partial charge in [-0.3, -0.25) is 14.5 Å². The second kappa shape index (κ2) is 5.87. The van der Waals surface area contributed by atoms with Gasteiger partial charge in [0.1, 0.15) is 0 Å². The van der Waals surface area contributed by atoms with Gasteiger partial charge in [0.15, 0.2) is 0 Å². The minimum atomic E-state index is -0.0440. The average molecular weight is 360 g/mol. The SMILES string of the molecule is O=CN(C=C1Sc2ccccc2C1=O)c1cccc(Br)c1. The summed E-state index contributed by atoms with van der Waals surface area (Å²) in [6, 6.07) is 14.8. The molecule has 0 radical (unpaired) electrons. The van der Waals surface area contributed by atoms with Crippen molar-refractivity contribution in [3.8, 4) is 0 Å². The van der Waals surface area contributed by atoms with Crippen LogP contribution in [0.25, 0.3) is 0 Å². The molecule has 0 fully saturated rings. The zero-order chi connectivity index (χ0) is 14.8. The summed E-state index contributed by atoms with van der Waals surface area (Å²) in [5.74, 6) is -0.0440. The molecule has 0 bridgehead atoms. The Balaban J connectivity index is 1.95. The predicted octanol–water partition coefficient (Wildman–Crippen LogP) is 4.24. The van der Waals surface area contributed by atoms with Crippen molar-refractivity contribution in [1.82, 2.24) is 0 Å². The first kappa shape index (κ1) is 14.1. The molecule has 0 aromatic heterocycles. The van der Waals surface area contributed by atoms with Gasteiger partial charge >= 0.3 is 0 Å². The molecule has 0 saturated heterocycles. The number of hydrogen-bond donors (Lipinski definition) is 0. The average Bonchev–Trinajstić information content (AvgIpc) is 2.81. The van der Waals surface area contributed by atoms with Crippen LogP contribution in [0.3, 0.4) is 0 Å². The van der Waals surface area contributed by atoms with Crippen LogP contribution < -0.4 is 4.90 Å². The molecule has 2 aromatic carbocycles. The number of benzene rings is 2. The second-order valence-electron chi connectivity index (χ2n) is 4.41. The van der Waals surface area contributed by atoms with Crippen molar-refractivity contribution in [3.05, 3.63) is 69.7 Å². The summed E-state index contributed by atoms with van der Waals surface area (Å²) in [7, 11) is 0. The molecule has 104 valence electrons. The summed E-state index contributed by atoms with van der Waals surface area (Å²) in [6.07, 6.45) is 2.29. The van der Waals surface area contributed by atoms with Gasteiger partial charge < -0.3 is 0 Å². The number of halogens is 1. The molecule has 0 N–H and O–H groups in total. The van der Waals surface area contributed by atoms with Crippen LogP contribution in [0.4, 0.5) is 5.69 Å². The monoisotopic (exact) mass is 359 g/mol. The van der Waals surface area contributed by atoms with E-state index in [1.165, 1.54) is 16.7 Å². The van der Waals surface area contributed by atoms with E-state index < -0.39 is 0 Å². The molecule has 0 atom stereocenters. The Labute approximate surface area is 134 Å². The highest BCUT2D eigenvalue weighted by Gasteiger charge is 2.26. The Kier molecular flexibility index (Phi) is 3.94. The first-order valence-corrected chi connectivity index (χ1v) is 7.82. The predicted molar refractivity (Wildman–Crippen MR) is 87.4 cm³/mol. The summed E-state index contributed by atoms with van der Waals surface area (Å²) in [4.78, 5) is 26.5. The lowest BCUT2D eigenvalue weighted by atomic mass is 10.1. The van der Waals surface area contributed by atoms with Crippen LogP contribution in [0.2, 0.25) is 0 Å². The minimum absolute atomic E-state index is 0.0440. The lowest BCUT2D eigenvalue weighted by Crippen LogP contribution is -2.14. The van der Waals surface area contributed by atoms with Gasteiger partial charge in [-0.1, -0.05) is 45.9 Å². The van der Waals surface area contributed by atoms with Gasteiger partial charge in [-0.05, 0) is 30.3 Å². The molecule has 2 aromatic rings. The van der Waals surface area contributed by atoms with E-state index in [2.05, 4.69) is 15.9 Å². The van der Waals surface area contributed by atoms with Crippen LogP contribution in [-0.2, 0) is 4.79 Å². The van der Waals surface area contributed by atoms with Crippen molar-refractivity contribution in [2.45, 2.75) is 4.90 Å². The molecule has 3 nitrogen and oxygen atoms in total. The molecule has 0 saturated carbocycles. The molecule has 21 heavy (non-hydrogen) atoms. The lowest BCUT2D eigenvalue weighted by molar-refractivity contribution is -0.106. The molecule has 1 amide bonds. The number of fused-ring (bicyclic) bond motifs is 1. The van der Waals surface area contributed by atoms with Crippen molar-refractivity contribution in [1.29, 1.82) is 0 Å². The molecular formula is C16H10BrNO2S. The van der Waals surface area contributed by atoms with E-state index in [-0.39, 0.29) is 5.78 Å². The number of rotatable bonds is 3. The number of Topliss-reactive ketones (excluding diaryl/α,β-unsaturated/α-hetero) is 1. The molecule has 5 heteroatoms. The number of ketones is 1. The van der Waals surface area contributed by atoms with Gasteiger partial charge in [-0.25, -0.2) is 0 Å². The summed E-state index contributed by atoms with van der Waals surface area (Å²) in [5, 5.41) is 0. The lowest BCUT2D eigenvalue weighted by Gasteiger charge is -2.13. The van der Waals surface area contributed by atoms with Gasteiger partial charge in [0.25, 0.3) is 0 Å². The Bertz CT molecular complexity index is 757. The molecule has 0 unspecified atom stereocenters. The van der Waals surface area contributed by atoms with Crippen molar-refractivity contribution in [2.24, 2.45) is 0 Å². The number of hydrogen-bond acceptors (Lipinski definition) is 3. The zero-order valence-electron chi connectivity index (χ0n) is 10.8. The van der Waals surface area contributed by atoms with Gasteiger partial charge in [0, 0.05) is 26.8 Å². The number of amides is 1. The third-order valence-electron chi connectivity index (χ3n) is 3.05. The third kappa shape index (κ3) is 2.80. The van der Waals surface area contributed by atoms with Crippen molar-refractivity contribution in [3.63, 3.8) is 0 Å². The third-order valence-corrected chi connectivity index (χ3v) is 4.63. The van der Waals surface area contributed by atoms with Crippen molar-refractivity contribution >= 4 is 45.6 Å². The largest absolute Gasteiger partial charge is 0.289 e. The Morgan fingerprint density at radius 2 is 1.90 bits per heavy atom. The van der Waals surface area contributed by atoms with Gasteiger partial charge in [-0.2, -0.15) is 0 Å². The smallest absolute Gasteiger partial charge is 0.218 e. The second-order valence-corrected chi connectivity index (χ2v) is 6.41. The highest BCUT2D eigenvalue weighted by molar-refractivity contribution is 9.10. The summed E-state index contributed by atoms with van der Waals surface area (Å²) in [6.45, 7) is 0. The van der Waals surface area contributed by atoms with E-state index >= 15 is 0 Å². The van der Waals surface area contributed by atoms with Gasteiger partial charge in [0.05, 0.1) is 4.91 Å². The summed E-state index contributed by atoms with van der Waals surface area (Å²) >= 11 is 4.76. The van der Waals surface area contributed by atoms with E-state index in [1.807, 2.05) is 42.5 Å². The molecule has 1 heterocycles. The van der Waals surface area contributed by atoms with E-state index in [4.69, 9.17) is 0 Å². The molecule has 0 aliphatic carbocycles. The fourth-order valence-corrected chi connectivity index (χ4v) is 3.46. The Hall–Kier alpha value is -1.85. The minimum Gasteiger partial charge on any atom is -0.289 e. The normalized spacial score (nSPS) is 15.1. The maximum Gasteiger partial charge on any atom is 0.218 e. The van der Waals surface area contributed by atoms with Crippen LogP contribution in [0, 0.1) is 0 Å². The molecule has 0 spiro atoms. The van der Waals surface area contributed by atoms with E-state index in [1.54, 1.807) is 12.3 Å². The maximum atomic E-state index is 12.3. The molecule has 3 rings (SSSR count). The fraction of sp³-hybridized carbons (Fsp3) is 0. The zero-order valence-corrected chi connectivity index (χ0v) is 13.2. The fourth-order valence-electron chi connectivity index (χ4n) is 2.05. The quantitative estimate of drug-likeness (QED) is 0.607. The maximum absolute atomic E-state index is 12.3. The standard InChI is InChI=1S/C16H10BrNO2S/c17-11-4-3-5-12(8-11)18(10-19)9-15-16(20)13-6-1-2-7-14(13)21-15/h1-10H. The first-order valence-electron chi connectivity index (χ1n) is 6.21. The molecule has 1 aliphatic heterocycles. The summed E-state index contributed by atoms with van der Waals surface area (Å²) < 4.78 is 0.874. The van der Waals surface area contributed by atoms with Crippen LogP contribution in [0.15, 0.2) is 69.0 Å². The van der Waals surface area contributed by atoms with Gasteiger partial charge in [-0.15, -0.1) is 0 Å². The number of thioether (sulfide) groups is 1. The first-order chi connectivity index (χ1) is 10.2. The Morgan fingerprint density at radius 1 is 1.10 bits per heavy atom. The van der Waals surface area contributed by atoms with Crippen LogP contribution in [0.5, 0.6) is 0 Å². The topological polar surface area (TPSA) is 37.4 Å².